The molecule has 1 rings (SSSR count). The van der Waals surface area contributed by atoms with Crippen LogP contribution in [-0.2, 0) is 14.3 Å². The van der Waals surface area contributed by atoms with Gasteiger partial charge in [-0.15, -0.1) is 0 Å². The Kier molecular flexibility index (Phi) is 5.14. The average molecular weight is 259 g/mol. The molecule has 0 bridgehead atoms. The molecule has 1 atom stereocenters. The smallest absolute Gasteiger partial charge is 0.308 e. The molecule has 0 spiro atoms. The van der Waals surface area contributed by atoms with Crippen molar-refractivity contribution >= 4 is 29.2 Å². The van der Waals surface area contributed by atoms with Crippen molar-refractivity contribution in [3.63, 3.8) is 0 Å². The van der Waals surface area contributed by atoms with E-state index in [0.29, 0.717) is 24.7 Å². The highest BCUT2D eigenvalue weighted by molar-refractivity contribution is 7.80. The lowest BCUT2D eigenvalue weighted by Gasteiger charge is -2.36. The van der Waals surface area contributed by atoms with Crippen molar-refractivity contribution in [3.8, 4) is 0 Å². The van der Waals surface area contributed by atoms with Crippen molar-refractivity contribution in [2.24, 2.45) is 0 Å². The van der Waals surface area contributed by atoms with Gasteiger partial charge in [-0.25, -0.2) is 0 Å². The number of hydrogen-bond acceptors (Lipinski definition) is 4. The number of nitrogens with zero attached hydrogens (tertiary/aromatic N) is 1. The monoisotopic (exact) mass is 259 g/mol. The van der Waals surface area contributed by atoms with E-state index in [1.165, 1.54) is 7.11 Å². The first-order valence-electron chi connectivity index (χ1n) is 5.49. The lowest BCUT2D eigenvalue weighted by atomic mass is 10.1. The van der Waals surface area contributed by atoms with E-state index in [9.17, 15) is 9.59 Å². The second kappa shape index (κ2) is 6.39. The molecule has 0 radical (unpaired) electrons. The first-order chi connectivity index (χ1) is 8.10. The topological polar surface area (TPSA) is 70.7 Å². The number of rotatable bonds is 3. The number of methoxy groups -OCH3 is 1. The van der Waals surface area contributed by atoms with Gasteiger partial charge >= 0.3 is 5.97 Å². The first kappa shape index (κ1) is 13.7. The molecule has 96 valence electrons. The summed E-state index contributed by atoms with van der Waals surface area (Å²) in [5, 5.41) is 6.19. The Morgan fingerprint density at radius 3 is 3.00 bits per heavy atom. The van der Waals surface area contributed by atoms with E-state index in [0.717, 1.165) is 0 Å². The number of piperazine rings is 1. The molecule has 1 aliphatic rings. The maximum absolute atomic E-state index is 11.7. The van der Waals surface area contributed by atoms with Gasteiger partial charge in [-0.2, -0.15) is 0 Å². The first-order valence-corrected chi connectivity index (χ1v) is 5.90. The fraction of sp³-hybridized carbons (Fsp3) is 0.700. The van der Waals surface area contributed by atoms with Crippen LogP contribution in [0.5, 0.6) is 0 Å². The average Bonchev–Trinajstić information content (AvgIpc) is 2.31. The van der Waals surface area contributed by atoms with E-state index >= 15 is 0 Å². The molecular formula is C10H17N3O3S. The Morgan fingerprint density at radius 1 is 1.71 bits per heavy atom. The van der Waals surface area contributed by atoms with Crippen LogP contribution in [0.1, 0.15) is 13.3 Å². The van der Waals surface area contributed by atoms with Crippen LogP contribution >= 0.6 is 12.2 Å². The number of nitrogens with one attached hydrogen (secondary N) is 2. The van der Waals surface area contributed by atoms with Crippen LogP contribution in [0.15, 0.2) is 0 Å². The molecule has 1 fully saturated rings. The van der Waals surface area contributed by atoms with Crippen LogP contribution in [0, 0.1) is 0 Å². The largest absolute Gasteiger partial charge is 0.469 e. The Labute approximate surface area is 106 Å². The molecule has 1 amide bonds. The molecule has 0 aromatic carbocycles. The summed E-state index contributed by atoms with van der Waals surface area (Å²) in [6.45, 7) is 3.73. The molecule has 7 heteroatoms. The lowest BCUT2D eigenvalue weighted by Crippen LogP contribution is -2.59. The van der Waals surface area contributed by atoms with Gasteiger partial charge in [-0.1, -0.05) is 0 Å². The highest BCUT2D eigenvalue weighted by Crippen LogP contribution is 2.10. The van der Waals surface area contributed by atoms with Gasteiger partial charge < -0.3 is 20.3 Å². The fourth-order valence-electron chi connectivity index (χ4n) is 1.65. The summed E-state index contributed by atoms with van der Waals surface area (Å²) in [5.41, 5.74) is 0. The Morgan fingerprint density at radius 2 is 2.41 bits per heavy atom. The van der Waals surface area contributed by atoms with E-state index in [-0.39, 0.29) is 12.3 Å². The summed E-state index contributed by atoms with van der Waals surface area (Å²) >= 11 is 5.17. The third kappa shape index (κ3) is 3.55. The molecule has 0 aliphatic carbocycles. The van der Waals surface area contributed by atoms with E-state index in [2.05, 4.69) is 15.4 Å². The van der Waals surface area contributed by atoms with Gasteiger partial charge in [0.1, 0.15) is 6.04 Å². The van der Waals surface area contributed by atoms with Gasteiger partial charge in [0, 0.05) is 19.6 Å². The van der Waals surface area contributed by atoms with Crippen LogP contribution in [-0.4, -0.2) is 54.7 Å². The minimum Gasteiger partial charge on any atom is -0.469 e. The normalized spacial score (nSPS) is 19.5. The summed E-state index contributed by atoms with van der Waals surface area (Å²) in [7, 11) is 1.30. The molecule has 17 heavy (non-hydrogen) atoms. The Balaban J connectivity index is 2.73. The highest BCUT2D eigenvalue weighted by Gasteiger charge is 2.33. The Hall–Kier alpha value is -1.37. The Bertz CT molecular complexity index is 322. The van der Waals surface area contributed by atoms with Gasteiger partial charge in [0.2, 0.25) is 5.91 Å². The SMILES string of the molecule is CCNC(=S)N1CCNC(=O)[C@@H]1CC(=O)OC. The summed E-state index contributed by atoms with van der Waals surface area (Å²) in [5.74, 6) is -0.613. The second-order valence-corrected chi connectivity index (χ2v) is 4.00. The predicted octanol–water partition coefficient (Wildman–Crippen LogP) is -0.756. The van der Waals surface area contributed by atoms with Crippen LogP contribution in [0.2, 0.25) is 0 Å². The number of esters is 1. The number of hydrogen-bond donors (Lipinski definition) is 2. The number of ether oxygens (including phenoxy) is 1. The van der Waals surface area contributed by atoms with Gasteiger partial charge in [0.25, 0.3) is 0 Å². The zero-order valence-electron chi connectivity index (χ0n) is 9.99. The third-order valence-corrected chi connectivity index (χ3v) is 2.89. The van der Waals surface area contributed by atoms with E-state index in [1.54, 1.807) is 4.90 Å². The third-order valence-electron chi connectivity index (χ3n) is 2.51. The quantitative estimate of drug-likeness (QED) is 0.513. The fourth-order valence-corrected chi connectivity index (χ4v) is 2.02. The number of thiocarbonyl (C=S) groups is 1. The van der Waals surface area contributed by atoms with Gasteiger partial charge in [0.15, 0.2) is 5.11 Å². The minimum absolute atomic E-state index is 0.00781. The standard InChI is InChI=1S/C10H17N3O3S/c1-3-11-10(17)13-5-4-12-9(15)7(13)6-8(14)16-2/h7H,3-6H2,1-2H3,(H,11,17)(H,12,15)/t7-/m0/s1. The van der Waals surface area contributed by atoms with Crippen molar-refractivity contribution in [2.75, 3.05) is 26.7 Å². The van der Waals surface area contributed by atoms with Gasteiger partial charge in [-0.3, -0.25) is 9.59 Å². The molecule has 0 aromatic rings. The summed E-state index contributed by atoms with van der Waals surface area (Å²) in [6, 6.07) is -0.581. The maximum Gasteiger partial charge on any atom is 0.308 e. The van der Waals surface area contributed by atoms with Crippen molar-refractivity contribution in [1.29, 1.82) is 0 Å². The van der Waals surface area contributed by atoms with Crippen molar-refractivity contribution in [3.05, 3.63) is 0 Å². The van der Waals surface area contributed by atoms with Crippen molar-refractivity contribution in [1.82, 2.24) is 15.5 Å². The molecule has 0 unspecified atom stereocenters. The van der Waals surface area contributed by atoms with Crippen LogP contribution < -0.4 is 10.6 Å². The predicted molar refractivity (Wildman–Crippen MR) is 66.4 cm³/mol. The zero-order chi connectivity index (χ0) is 12.8. The summed E-state index contributed by atoms with van der Waals surface area (Å²) in [6.07, 6.45) is 0.00781. The van der Waals surface area contributed by atoms with Gasteiger partial charge in [0.05, 0.1) is 13.5 Å². The molecule has 1 heterocycles. The number of carbonyl (C=O) groups is 2. The lowest BCUT2D eigenvalue weighted by molar-refractivity contribution is -0.144. The second-order valence-electron chi connectivity index (χ2n) is 3.62. The minimum atomic E-state index is -0.581. The molecule has 6 nitrogen and oxygen atoms in total. The molecule has 2 N–H and O–H groups in total. The molecule has 0 saturated carbocycles. The summed E-state index contributed by atoms with van der Waals surface area (Å²) < 4.78 is 4.58. The van der Waals surface area contributed by atoms with E-state index in [4.69, 9.17) is 12.2 Å². The van der Waals surface area contributed by atoms with Crippen molar-refractivity contribution in [2.45, 2.75) is 19.4 Å². The molecule has 1 saturated heterocycles. The molecule has 0 aromatic heterocycles. The van der Waals surface area contributed by atoms with Crippen LogP contribution in [0.25, 0.3) is 0 Å². The molecular weight excluding hydrogens is 242 g/mol. The van der Waals surface area contributed by atoms with Crippen molar-refractivity contribution < 1.29 is 14.3 Å². The number of carbonyl (C=O) groups excluding carboxylic acids is 2. The molecule has 1 aliphatic heterocycles. The number of amides is 1. The maximum atomic E-state index is 11.7. The van der Waals surface area contributed by atoms with Gasteiger partial charge in [-0.05, 0) is 19.1 Å². The zero-order valence-corrected chi connectivity index (χ0v) is 10.8. The van der Waals surface area contributed by atoms with Crippen LogP contribution in [0.4, 0.5) is 0 Å². The van der Waals surface area contributed by atoms with Crippen LogP contribution in [0.3, 0.4) is 0 Å². The van der Waals surface area contributed by atoms with E-state index in [1.807, 2.05) is 6.92 Å². The summed E-state index contributed by atoms with van der Waals surface area (Å²) in [4.78, 5) is 24.7. The highest BCUT2D eigenvalue weighted by atomic mass is 32.1. The van der Waals surface area contributed by atoms with E-state index < -0.39 is 12.0 Å².